The van der Waals surface area contributed by atoms with Gasteiger partial charge in [-0.2, -0.15) is 0 Å². The summed E-state index contributed by atoms with van der Waals surface area (Å²) >= 11 is 7.13. The standard InChI is InChI=1S/C36H38ClN5O6/c1-6-48-35(45)22-15-16-42(18-22)29-14-13-21-17-28(39-33(47-5)30(21)29)25-11-7-10-24(31(25)37)23-9-8-12-27(20(23)2)38-32(43)26-19-40(3)36(46)41(4)34(26)44/h7-12,17,19,22,29H,6,13-16,18H2,1-5H3,(H,38,43). The molecule has 1 N–H and O–H groups in total. The average molecular weight is 672 g/mol. The second-order valence-corrected chi connectivity index (χ2v) is 12.7. The number of aromatic nitrogens is 3. The SMILES string of the molecule is CCOC(=O)C1CCN(C2CCc3cc(-c4cccc(-c5cccc(NC(=O)c6cn(C)c(=O)n(C)c6=O)c5C)c4Cl)nc(OC)c32)C1. The lowest BCUT2D eigenvalue weighted by Gasteiger charge is -2.25. The molecule has 2 aromatic heterocycles. The third-order valence-electron chi connectivity index (χ3n) is 9.44. The van der Waals surface area contributed by atoms with Crippen molar-refractivity contribution < 1.29 is 19.1 Å². The molecule has 2 unspecified atom stereocenters. The summed E-state index contributed by atoms with van der Waals surface area (Å²) in [6.45, 7) is 5.55. The van der Waals surface area contributed by atoms with Gasteiger partial charge in [-0.3, -0.25) is 23.9 Å². The summed E-state index contributed by atoms with van der Waals surface area (Å²) in [7, 11) is 4.45. The molecule has 0 bridgehead atoms. The number of rotatable bonds is 8. The van der Waals surface area contributed by atoms with Gasteiger partial charge in [-0.25, -0.2) is 9.78 Å². The first-order valence-electron chi connectivity index (χ1n) is 16.0. The fourth-order valence-corrected chi connectivity index (χ4v) is 7.24. The van der Waals surface area contributed by atoms with E-state index in [0.717, 1.165) is 63.8 Å². The normalized spacial score (nSPS) is 17.3. The highest BCUT2D eigenvalue weighted by atomic mass is 35.5. The molecule has 0 spiro atoms. The van der Waals surface area contributed by atoms with E-state index in [1.165, 1.54) is 24.9 Å². The molecule has 0 radical (unpaired) electrons. The number of fused-ring (bicyclic) bond motifs is 1. The first kappa shape index (κ1) is 33.2. The van der Waals surface area contributed by atoms with Crippen LogP contribution in [0.1, 0.15) is 52.9 Å². The number of ether oxygens (including phenoxy) is 2. The Labute approximate surface area is 283 Å². The highest BCUT2D eigenvalue weighted by Gasteiger charge is 2.38. The number of anilines is 1. The Bertz CT molecular complexity index is 2050. The number of nitrogens with zero attached hydrogens (tertiary/aromatic N) is 4. The minimum absolute atomic E-state index is 0.110. The zero-order valence-corrected chi connectivity index (χ0v) is 28.4. The Morgan fingerprint density at radius 2 is 1.79 bits per heavy atom. The minimum atomic E-state index is -0.676. The summed E-state index contributed by atoms with van der Waals surface area (Å²) in [6.07, 6.45) is 3.77. The van der Waals surface area contributed by atoms with E-state index in [-0.39, 0.29) is 23.5 Å². The van der Waals surface area contributed by atoms with Crippen LogP contribution < -0.4 is 21.3 Å². The second kappa shape index (κ2) is 13.4. The number of methoxy groups -OCH3 is 1. The van der Waals surface area contributed by atoms with Crippen LogP contribution in [0.3, 0.4) is 0 Å². The summed E-state index contributed by atoms with van der Waals surface area (Å²) in [5.74, 6) is -0.322. The van der Waals surface area contributed by atoms with Crippen LogP contribution in [0.25, 0.3) is 22.4 Å². The van der Waals surface area contributed by atoms with Crippen molar-refractivity contribution in [1.82, 2.24) is 19.0 Å². The summed E-state index contributed by atoms with van der Waals surface area (Å²) in [6, 6.07) is 13.4. The average Bonchev–Trinajstić information content (AvgIpc) is 3.74. The van der Waals surface area contributed by atoms with Gasteiger partial charge in [0.1, 0.15) is 5.56 Å². The third-order valence-corrected chi connectivity index (χ3v) is 9.85. The molecule has 12 heteroatoms. The van der Waals surface area contributed by atoms with Gasteiger partial charge in [0, 0.05) is 55.3 Å². The van der Waals surface area contributed by atoms with Crippen LogP contribution in [0.4, 0.5) is 5.69 Å². The van der Waals surface area contributed by atoms with Crippen molar-refractivity contribution >= 4 is 29.2 Å². The molecule has 1 saturated heterocycles. The Kier molecular flexibility index (Phi) is 9.26. The molecule has 2 atom stereocenters. The molecule has 3 heterocycles. The van der Waals surface area contributed by atoms with E-state index in [4.69, 9.17) is 26.1 Å². The van der Waals surface area contributed by atoms with E-state index in [0.29, 0.717) is 35.4 Å². The molecule has 4 aromatic rings. The lowest BCUT2D eigenvalue weighted by Crippen LogP contribution is -2.40. The van der Waals surface area contributed by atoms with Crippen molar-refractivity contribution in [3.8, 4) is 28.3 Å². The molecule has 6 rings (SSSR count). The number of amides is 1. The number of pyridine rings is 1. The molecule has 1 fully saturated rings. The molecular formula is C36H38ClN5O6. The fourth-order valence-electron chi connectivity index (χ4n) is 6.92. The molecule has 1 amide bonds. The highest BCUT2D eigenvalue weighted by Crippen LogP contribution is 2.46. The monoisotopic (exact) mass is 671 g/mol. The second-order valence-electron chi connectivity index (χ2n) is 12.3. The van der Waals surface area contributed by atoms with E-state index in [2.05, 4.69) is 16.3 Å². The van der Waals surface area contributed by atoms with E-state index in [1.54, 1.807) is 13.2 Å². The number of halogens is 1. The van der Waals surface area contributed by atoms with Gasteiger partial charge in [-0.15, -0.1) is 0 Å². The van der Waals surface area contributed by atoms with Crippen LogP contribution >= 0.6 is 11.6 Å². The molecule has 1 aliphatic heterocycles. The van der Waals surface area contributed by atoms with Crippen molar-refractivity contribution in [1.29, 1.82) is 0 Å². The van der Waals surface area contributed by atoms with Gasteiger partial charge in [0.05, 0.1) is 30.4 Å². The number of nitrogens with one attached hydrogen (secondary N) is 1. The fraction of sp³-hybridized carbons (Fsp3) is 0.361. The smallest absolute Gasteiger partial charge is 0.330 e. The van der Waals surface area contributed by atoms with E-state index in [1.807, 2.05) is 44.2 Å². The first-order chi connectivity index (χ1) is 23.0. The maximum atomic E-state index is 13.2. The number of carbonyl (C=O) groups is 2. The van der Waals surface area contributed by atoms with Crippen LogP contribution in [0, 0.1) is 12.8 Å². The number of benzene rings is 2. The Morgan fingerprint density at radius 1 is 1.06 bits per heavy atom. The highest BCUT2D eigenvalue weighted by molar-refractivity contribution is 6.36. The number of likely N-dealkylation sites (tertiary alicyclic amines) is 1. The van der Waals surface area contributed by atoms with Crippen molar-refractivity contribution in [2.75, 3.05) is 32.1 Å². The van der Waals surface area contributed by atoms with E-state index in [9.17, 15) is 19.2 Å². The lowest BCUT2D eigenvalue weighted by atomic mass is 9.96. The first-order valence-corrected chi connectivity index (χ1v) is 16.4. The van der Waals surface area contributed by atoms with Crippen LogP contribution in [0.2, 0.25) is 5.02 Å². The number of carbonyl (C=O) groups excluding carboxylic acids is 2. The van der Waals surface area contributed by atoms with Gasteiger partial charge in [-0.05, 0) is 68.5 Å². The van der Waals surface area contributed by atoms with Crippen LogP contribution in [0.5, 0.6) is 5.88 Å². The topological polar surface area (TPSA) is 125 Å². The van der Waals surface area contributed by atoms with Crippen molar-refractivity contribution in [3.05, 3.63) is 96.8 Å². The number of aryl methyl sites for hydroxylation is 2. The Hall–Kier alpha value is -4.74. The van der Waals surface area contributed by atoms with Crippen molar-refractivity contribution in [3.63, 3.8) is 0 Å². The lowest BCUT2D eigenvalue weighted by molar-refractivity contribution is -0.147. The predicted octanol–water partition coefficient (Wildman–Crippen LogP) is 4.91. The van der Waals surface area contributed by atoms with Crippen LogP contribution in [-0.2, 0) is 30.0 Å². The third kappa shape index (κ3) is 5.92. The van der Waals surface area contributed by atoms with E-state index >= 15 is 0 Å². The van der Waals surface area contributed by atoms with Gasteiger partial charge in [0.2, 0.25) is 5.88 Å². The summed E-state index contributed by atoms with van der Waals surface area (Å²) < 4.78 is 13.2. The maximum absolute atomic E-state index is 13.2. The van der Waals surface area contributed by atoms with Gasteiger partial charge in [0.15, 0.2) is 0 Å². The molecule has 250 valence electrons. The summed E-state index contributed by atoms with van der Waals surface area (Å²) in [5, 5.41) is 3.33. The Balaban J connectivity index is 1.30. The number of esters is 1. The summed E-state index contributed by atoms with van der Waals surface area (Å²) in [4.78, 5) is 57.6. The van der Waals surface area contributed by atoms with Gasteiger partial charge in [-0.1, -0.05) is 41.9 Å². The van der Waals surface area contributed by atoms with E-state index < -0.39 is 17.2 Å². The molecular weight excluding hydrogens is 634 g/mol. The molecule has 2 aromatic carbocycles. The maximum Gasteiger partial charge on any atom is 0.330 e. The van der Waals surface area contributed by atoms with Crippen LogP contribution in [-0.4, -0.2) is 57.7 Å². The predicted molar refractivity (Wildman–Crippen MR) is 184 cm³/mol. The summed E-state index contributed by atoms with van der Waals surface area (Å²) in [5.41, 5.74) is 5.10. The molecule has 11 nitrogen and oxygen atoms in total. The zero-order valence-electron chi connectivity index (χ0n) is 27.6. The number of hydrogen-bond acceptors (Lipinski definition) is 8. The quantitative estimate of drug-likeness (QED) is 0.262. The Morgan fingerprint density at radius 3 is 2.54 bits per heavy atom. The van der Waals surface area contributed by atoms with Gasteiger partial charge in [0.25, 0.3) is 11.5 Å². The van der Waals surface area contributed by atoms with Crippen molar-refractivity contribution in [2.45, 2.75) is 39.2 Å². The largest absolute Gasteiger partial charge is 0.481 e. The minimum Gasteiger partial charge on any atom is -0.481 e. The number of hydrogen-bond donors (Lipinski definition) is 1. The van der Waals surface area contributed by atoms with Gasteiger partial charge >= 0.3 is 11.7 Å². The molecule has 2 aliphatic rings. The zero-order chi connectivity index (χ0) is 34.3. The molecule has 1 aliphatic carbocycles. The molecule has 48 heavy (non-hydrogen) atoms. The van der Waals surface area contributed by atoms with Crippen molar-refractivity contribution in [2.24, 2.45) is 20.0 Å². The van der Waals surface area contributed by atoms with Gasteiger partial charge < -0.3 is 19.4 Å². The molecule has 0 saturated carbocycles. The van der Waals surface area contributed by atoms with Crippen LogP contribution in [0.15, 0.2) is 58.3 Å².